The van der Waals surface area contributed by atoms with Crippen molar-refractivity contribution in [2.75, 3.05) is 11.4 Å². The Morgan fingerprint density at radius 3 is 2.62 bits per heavy atom. The molecule has 1 amide bonds. The molecule has 0 aliphatic carbocycles. The smallest absolute Gasteiger partial charge is 0.256 e. The van der Waals surface area contributed by atoms with Crippen LogP contribution in [0.4, 0.5) is 5.69 Å². The molecule has 4 heteroatoms. The van der Waals surface area contributed by atoms with Crippen molar-refractivity contribution >= 4 is 22.4 Å². The van der Waals surface area contributed by atoms with Crippen LogP contribution in [0.5, 0.6) is 0 Å². The summed E-state index contributed by atoms with van der Waals surface area (Å²) in [4.78, 5) is 29.2. The van der Waals surface area contributed by atoms with Crippen molar-refractivity contribution < 1.29 is 4.79 Å². The Balaban J connectivity index is 1.84. The number of aromatic nitrogens is 1. The van der Waals surface area contributed by atoms with Crippen LogP contribution in [-0.4, -0.2) is 17.4 Å². The van der Waals surface area contributed by atoms with Crippen LogP contribution < -0.4 is 10.5 Å². The SMILES string of the molecule is Cc1ccccc1-c1cc2ccc(N3CCCC3=O)cc2c(=O)[nH]1. The van der Waals surface area contributed by atoms with E-state index in [9.17, 15) is 9.59 Å². The van der Waals surface area contributed by atoms with Gasteiger partial charge in [0.05, 0.1) is 0 Å². The molecule has 1 aliphatic rings. The van der Waals surface area contributed by atoms with E-state index in [2.05, 4.69) is 4.98 Å². The first-order valence-electron chi connectivity index (χ1n) is 8.17. The van der Waals surface area contributed by atoms with Gasteiger partial charge >= 0.3 is 0 Å². The topological polar surface area (TPSA) is 53.2 Å². The number of hydrogen-bond donors (Lipinski definition) is 1. The number of anilines is 1. The van der Waals surface area contributed by atoms with E-state index in [1.54, 1.807) is 4.90 Å². The molecule has 2 aromatic carbocycles. The molecular formula is C20H18N2O2. The standard InChI is InChI=1S/C20H18N2O2/c1-13-5-2-3-6-16(13)18-11-14-8-9-15(12-17(14)20(24)21-18)22-10-4-7-19(22)23/h2-3,5-6,8-9,11-12H,4,7,10H2,1H3,(H,21,24). The van der Waals surface area contributed by atoms with E-state index in [1.165, 1.54) is 0 Å². The second-order valence-electron chi connectivity index (χ2n) is 6.25. The third-order valence-corrected chi connectivity index (χ3v) is 4.65. The predicted molar refractivity (Wildman–Crippen MR) is 96.3 cm³/mol. The molecule has 0 unspecified atom stereocenters. The summed E-state index contributed by atoms with van der Waals surface area (Å²) < 4.78 is 0. The number of amides is 1. The van der Waals surface area contributed by atoms with E-state index < -0.39 is 0 Å². The van der Waals surface area contributed by atoms with Gasteiger partial charge in [0.15, 0.2) is 0 Å². The van der Waals surface area contributed by atoms with Crippen molar-refractivity contribution in [3.63, 3.8) is 0 Å². The summed E-state index contributed by atoms with van der Waals surface area (Å²) in [5.41, 5.74) is 3.64. The summed E-state index contributed by atoms with van der Waals surface area (Å²) in [5, 5.41) is 1.50. The fourth-order valence-electron chi connectivity index (χ4n) is 3.36. The average Bonchev–Trinajstić information content (AvgIpc) is 3.01. The monoisotopic (exact) mass is 318 g/mol. The van der Waals surface area contributed by atoms with E-state index >= 15 is 0 Å². The van der Waals surface area contributed by atoms with Gasteiger partial charge in [-0.05, 0) is 42.5 Å². The number of pyridine rings is 1. The molecule has 0 saturated carbocycles. The van der Waals surface area contributed by atoms with Gasteiger partial charge in [0.1, 0.15) is 0 Å². The molecule has 1 N–H and O–H groups in total. The zero-order valence-corrected chi connectivity index (χ0v) is 13.5. The van der Waals surface area contributed by atoms with Gasteiger partial charge in [-0.25, -0.2) is 0 Å². The van der Waals surface area contributed by atoms with E-state index in [-0.39, 0.29) is 11.5 Å². The third-order valence-electron chi connectivity index (χ3n) is 4.65. The first-order chi connectivity index (χ1) is 11.6. The molecule has 0 atom stereocenters. The molecule has 0 spiro atoms. The Bertz CT molecular complexity index is 1000. The highest BCUT2D eigenvalue weighted by molar-refractivity contribution is 5.98. The van der Waals surface area contributed by atoms with Crippen LogP contribution in [0.25, 0.3) is 22.0 Å². The number of rotatable bonds is 2. The number of carbonyl (C=O) groups is 1. The van der Waals surface area contributed by atoms with Crippen molar-refractivity contribution in [3.8, 4) is 11.3 Å². The molecule has 0 bridgehead atoms. The Hall–Kier alpha value is -2.88. The number of carbonyl (C=O) groups excluding carboxylic acids is 1. The lowest BCUT2D eigenvalue weighted by molar-refractivity contribution is -0.117. The minimum atomic E-state index is -0.126. The number of nitrogens with one attached hydrogen (secondary N) is 1. The number of H-pyrrole nitrogens is 1. The predicted octanol–water partition coefficient (Wildman–Crippen LogP) is 3.63. The molecule has 4 rings (SSSR count). The zero-order valence-electron chi connectivity index (χ0n) is 13.5. The Morgan fingerprint density at radius 1 is 1.04 bits per heavy atom. The second-order valence-corrected chi connectivity index (χ2v) is 6.25. The van der Waals surface area contributed by atoms with Crippen LogP contribution in [0.1, 0.15) is 18.4 Å². The fraction of sp³-hybridized carbons (Fsp3) is 0.200. The first-order valence-corrected chi connectivity index (χ1v) is 8.17. The van der Waals surface area contributed by atoms with E-state index in [0.29, 0.717) is 11.8 Å². The lowest BCUT2D eigenvalue weighted by Crippen LogP contribution is -2.23. The molecule has 2 heterocycles. The van der Waals surface area contributed by atoms with Crippen LogP contribution in [0, 0.1) is 6.92 Å². The number of fused-ring (bicyclic) bond motifs is 1. The first kappa shape index (κ1) is 14.7. The van der Waals surface area contributed by atoms with Crippen LogP contribution in [0.2, 0.25) is 0 Å². The second kappa shape index (κ2) is 5.64. The normalized spacial score (nSPS) is 14.5. The molecule has 4 nitrogen and oxygen atoms in total. The number of nitrogens with zero attached hydrogens (tertiary/aromatic N) is 1. The van der Waals surface area contributed by atoms with Crippen molar-refractivity contribution in [3.05, 3.63) is 64.4 Å². The van der Waals surface area contributed by atoms with Gasteiger partial charge in [-0.3, -0.25) is 9.59 Å². The molecule has 24 heavy (non-hydrogen) atoms. The van der Waals surface area contributed by atoms with Gasteiger partial charge in [0.2, 0.25) is 5.91 Å². The van der Waals surface area contributed by atoms with Gasteiger partial charge in [-0.15, -0.1) is 0 Å². The molecule has 120 valence electrons. The molecule has 0 radical (unpaired) electrons. The van der Waals surface area contributed by atoms with Gasteiger partial charge in [0.25, 0.3) is 5.56 Å². The molecular weight excluding hydrogens is 300 g/mol. The van der Waals surface area contributed by atoms with Crippen LogP contribution >= 0.6 is 0 Å². The summed E-state index contributed by atoms with van der Waals surface area (Å²) in [6.07, 6.45) is 1.46. The minimum absolute atomic E-state index is 0.126. The highest BCUT2D eigenvalue weighted by Gasteiger charge is 2.22. The summed E-state index contributed by atoms with van der Waals surface area (Å²) in [6, 6.07) is 15.6. The summed E-state index contributed by atoms with van der Waals surface area (Å²) in [7, 11) is 0. The highest BCUT2D eigenvalue weighted by atomic mass is 16.2. The molecule has 1 saturated heterocycles. The average molecular weight is 318 g/mol. The third kappa shape index (κ3) is 2.40. The van der Waals surface area contributed by atoms with Crippen LogP contribution in [-0.2, 0) is 4.79 Å². The number of aryl methyl sites for hydroxylation is 1. The lowest BCUT2D eigenvalue weighted by atomic mass is 10.0. The van der Waals surface area contributed by atoms with Crippen molar-refractivity contribution in [1.82, 2.24) is 4.98 Å². The number of hydrogen-bond acceptors (Lipinski definition) is 2. The summed E-state index contributed by atoms with van der Waals surface area (Å²) in [6.45, 7) is 2.75. The quantitative estimate of drug-likeness (QED) is 0.784. The Labute approximate surface area is 139 Å². The Morgan fingerprint density at radius 2 is 1.88 bits per heavy atom. The van der Waals surface area contributed by atoms with Gasteiger partial charge in [0, 0.05) is 35.3 Å². The largest absolute Gasteiger partial charge is 0.321 e. The van der Waals surface area contributed by atoms with E-state index in [1.807, 2.05) is 55.5 Å². The summed E-state index contributed by atoms with van der Waals surface area (Å²) in [5.74, 6) is 0.127. The molecule has 1 aliphatic heterocycles. The maximum absolute atomic E-state index is 12.6. The van der Waals surface area contributed by atoms with Crippen molar-refractivity contribution in [2.45, 2.75) is 19.8 Å². The highest BCUT2D eigenvalue weighted by Crippen LogP contribution is 2.27. The van der Waals surface area contributed by atoms with Crippen LogP contribution in [0.15, 0.2) is 53.3 Å². The van der Waals surface area contributed by atoms with Crippen molar-refractivity contribution in [2.24, 2.45) is 0 Å². The van der Waals surface area contributed by atoms with E-state index in [0.717, 1.165) is 40.9 Å². The fourth-order valence-corrected chi connectivity index (χ4v) is 3.36. The summed E-state index contributed by atoms with van der Waals surface area (Å²) >= 11 is 0. The van der Waals surface area contributed by atoms with Crippen LogP contribution in [0.3, 0.4) is 0 Å². The molecule has 1 aromatic heterocycles. The molecule has 1 fully saturated rings. The van der Waals surface area contributed by atoms with Crippen molar-refractivity contribution in [1.29, 1.82) is 0 Å². The minimum Gasteiger partial charge on any atom is -0.321 e. The lowest BCUT2D eigenvalue weighted by Gasteiger charge is -2.16. The van der Waals surface area contributed by atoms with E-state index in [4.69, 9.17) is 0 Å². The van der Waals surface area contributed by atoms with Gasteiger partial charge in [-0.2, -0.15) is 0 Å². The van der Waals surface area contributed by atoms with Gasteiger partial charge in [-0.1, -0.05) is 30.3 Å². The zero-order chi connectivity index (χ0) is 16.7. The Kier molecular flexibility index (Phi) is 3.45. The molecule has 3 aromatic rings. The van der Waals surface area contributed by atoms with Gasteiger partial charge < -0.3 is 9.88 Å². The maximum Gasteiger partial charge on any atom is 0.256 e. The number of benzene rings is 2. The number of aromatic amines is 1. The maximum atomic E-state index is 12.6.